The van der Waals surface area contributed by atoms with Crippen LogP contribution < -0.4 is 5.01 Å². The topological polar surface area (TPSA) is 30.8 Å². The van der Waals surface area contributed by atoms with Crippen molar-refractivity contribution in [2.24, 2.45) is 0 Å². The van der Waals surface area contributed by atoms with Gasteiger partial charge >= 0.3 is 0 Å². The number of fused-ring (bicyclic) bond motifs is 3. The highest BCUT2D eigenvalue weighted by molar-refractivity contribution is 6.31. The second-order valence-electron chi connectivity index (χ2n) is 7.69. The van der Waals surface area contributed by atoms with Gasteiger partial charge in [-0.2, -0.15) is 0 Å². The molecule has 0 spiro atoms. The monoisotopic (exact) mass is 396 g/mol. The quantitative estimate of drug-likeness (QED) is 0.679. The van der Waals surface area contributed by atoms with E-state index in [9.17, 15) is 0 Å². The van der Waals surface area contributed by atoms with E-state index in [2.05, 4.69) is 67.8 Å². The van der Waals surface area contributed by atoms with Gasteiger partial charge in [0.25, 0.3) is 0 Å². The molecule has 0 amide bonds. The Bertz CT molecular complexity index is 978. The number of anilines is 1. The SMILES string of the molecule is CN1CCN(N2CN(Cc3ccccc3Cl)Cn3c2nc2ccccc23)CC1. The number of imidazole rings is 1. The van der Waals surface area contributed by atoms with Crippen LogP contribution in [0.4, 0.5) is 5.95 Å². The molecule has 1 fully saturated rings. The normalized spacial score (nSPS) is 19.3. The average Bonchev–Trinajstić information content (AvgIpc) is 3.09. The number of likely N-dealkylation sites (N-methyl/N-ethyl adjacent to an activating group) is 1. The highest BCUT2D eigenvalue weighted by Crippen LogP contribution is 2.29. The van der Waals surface area contributed by atoms with Crippen LogP contribution in [0.15, 0.2) is 48.5 Å². The van der Waals surface area contributed by atoms with Gasteiger partial charge in [0.05, 0.1) is 24.4 Å². The van der Waals surface area contributed by atoms with E-state index >= 15 is 0 Å². The zero-order valence-corrected chi connectivity index (χ0v) is 16.9. The molecule has 0 atom stereocenters. The molecule has 0 aliphatic carbocycles. The summed E-state index contributed by atoms with van der Waals surface area (Å²) in [5.74, 6) is 1.04. The number of hydrogen-bond donors (Lipinski definition) is 0. The third-order valence-corrected chi connectivity index (χ3v) is 6.08. The molecule has 3 heterocycles. The molecule has 0 saturated carbocycles. The first-order valence-electron chi connectivity index (χ1n) is 9.81. The van der Waals surface area contributed by atoms with Crippen molar-refractivity contribution in [1.29, 1.82) is 0 Å². The zero-order chi connectivity index (χ0) is 19.1. The van der Waals surface area contributed by atoms with Gasteiger partial charge in [0.15, 0.2) is 0 Å². The Hall–Kier alpha value is -2.12. The number of piperazine rings is 1. The van der Waals surface area contributed by atoms with Gasteiger partial charge in [-0.25, -0.2) is 9.99 Å². The number of hydrogen-bond acceptors (Lipinski definition) is 5. The van der Waals surface area contributed by atoms with Crippen LogP contribution in [0.25, 0.3) is 11.0 Å². The standard InChI is InChI=1S/C21H25ClN6/c1-24-10-12-26(13-11-24)28-16-25(14-17-6-2-3-7-18(17)22)15-27-20-9-5-4-8-19(20)23-21(27)28/h2-9H,10-16H2,1H3. The summed E-state index contributed by atoms with van der Waals surface area (Å²) in [5.41, 5.74) is 3.40. The lowest BCUT2D eigenvalue weighted by molar-refractivity contribution is 0.0863. The molecule has 28 heavy (non-hydrogen) atoms. The summed E-state index contributed by atoms with van der Waals surface area (Å²) in [6, 6.07) is 16.5. The number of benzene rings is 2. The number of hydrazine groups is 1. The summed E-state index contributed by atoms with van der Waals surface area (Å²) >= 11 is 6.44. The lowest BCUT2D eigenvalue weighted by atomic mass is 10.2. The van der Waals surface area contributed by atoms with Crippen molar-refractivity contribution in [3.63, 3.8) is 0 Å². The minimum atomic E-state index is 0.811. The molecule has 2 aliphatic rings. The lowest BCUT2D eigenvalue weighted by Crippen LogP contribution is -2.58. The van der Waals surface area contributed by atoms with Crippen molar-refractivity contribution in [3.8, 4) is 0 Å². The Balaban J connectivity index is 1.50. The second-order valence-corrected chi connectivity index (χ2v) is 8.10. The van der Waals surface area contributed by atoms with E-state index in [-0.39, 0.29) is 0 Å². The smallest absolute Gasteiger partial charge is 0.223 e. The fourth-order valence-electron chi connectivity index (χ4n) is 4.12. The largest absolute Gasteiger partial charge is 0.304 e. The molecule has 0 N–H and O–H groups in total. The molecule has 0 unspecified atom stereocenters. The first kappa shape index (κ1) is 17.9. The molecule has 3 aromatic rings. The Labute approximate surface area is 170 Å². The summed E-state index contributed by atoms with van der Waals surface area (Å²) in [5, 5.41) is 5.62. The van der Waals surface area contributed by atoms with Crippen LogP contribution in [-0.2, 0) is 13.2 Å². The minimum Gasteiger partial charge on any atom is -0.304 e. The van der Waals surface area contributed by atoms with E-state index in [1.807, 2.05) is 12.1 Å². The van der Waals surface area contributed by atoms with Crippen molar-refractivity contribution in [1.82, 2.24) is 24.4 Å². The summed E-state index contributed by atoms with van der Waals surface area (Å²) in [4.78, 5) is 9.78. The predicted molar refractivity (Wildman–Crippen MR) is 113 cm³/mol. The summed E-state index contributed by atoms with van der Waals surface area (Å²) in [7, 11) is 2.19. The van der Waals surface area contributed by atoms with Crippen LogP contribution in [-0.4, -0.2) is 64.3 Å². The first-order valence-corrected chi connectivity index (χ1v) is 10.2. The molecule has 1 aromatic heterocycles. The maximum atomic E-state index is 6.44. The third kappa shape index (κ3) is 3.26. The Morgan fingerprint density at radius 2 is 1.68 bits per heavy atom. The molecule has 0 bridgehead atoms. The maximum absolute atomic E-state index is 6.44. The number of rotatable bonds is 3. The van der Waals surface area contributed by atoms with Crippen molar-refractivity contribution >= 4 is 28.6 Å². The maximum Gasteiger partial charge on any atom is 0.223 e. The highest BCUT2D eigenvalue weighted by Gasteiger charge is 2.31. The Morgan fingerprint density at radius 3 is 2.50 bits per heavy atom. The molecule has 0 radical (unpaired) electrons. The Morgan fingerprint density at radius 1 is 0.929 bits per heavy atom. The van der Waals surface area contributed by atoms with E-state index in [1.54, 1.807) is 0 Å². The number of aromatic nitrogens is 2. The highest BCUT2D eigenvalue weighted by atomic mass is 35.5. The average molecular weight is 397 g/mol. The predicted octanol–water partition coefficient (Wildman–Crippen LogP) is 3.09. The zero-order valence-electron chi connectivity index (χ0n) is 16.1. The van der Waals surface area contributed by atoms with E-state index < -0.39 is 0 Å². The fraction of sp³-hybridized carbons (Fsp3) is 0.381. The van der Waals surface area contributed by atoms with E-state index in [0.29, 0.717) is 0 Å². The van der Waals surface area contributed by atoms with Crippen LogP contribution in [0.5, 0.6) is 0 Å². The summed E-state index contributed by atoms with van der Waals surface area (Å²) < 4.78 is 2.33. The van der Waals surface area contributed by atoms with Gasteiger partial charge < -0.3 is 4.90 Å². The fourth-order valence-corrected chi connectivity index (χ4v) is 4.31. The van der Waals surface area contributed by atoms with Gasteiger partial charge in [0.2, 0.25) is 5.95 Å². The summed E-state index contributed by atoms with van der Waals surface area (Å²) in [6.45, 7) is 6.61. The summed E-state index contributed by atoms with van der Waals surface area (Å²) in [6.07, 6.45) is 0. The van der Waals surface area contributed by atoms with E-state index in [4.69, 9.17) is 16.6 Å². The number of para-hydroxylation sites is 2. The third-order valence-electron chi connectivity index (χ3n) is 5.71. The van der Waals surface area contributed by atoms with Gasteiger partial charge in [-0.05, 0) is 30.8 Å². The van der Waals surface area contributed by atoms with Crippen LogP contribution in [0.3, 0.4) is 0 Å². The van der Waals surface area contributed by atoms with E-state index in [1.165, 1.54) is 5.52 Å². The molecular weight excluding hydrogens is 372 g/mol. The van der Waals surface area contributed by atoms with Crippen molar-refractivity contribution in [2.75, 3.05) is 44.9 Å². The molecule has 2 aromatic carbocycles. The molecule has 5 rings (SSSR count). The lowest BCUT2D eigenvalue weighted by Gasteiger charge is -2.45. The van der Waals surface area contributed by atoms with E-state index in [0.717, 1.165) is 68.1 Å². The van der Waals surface area contributed by atoms with Gasteiger partial charge in [0.1, 0.15) is 0 Å². The molecule has 146 valence electrons. The van der Waals surface area contributed by atoms with Crippen LogP contribution in [0.2, 0.25) is 5.02 Å². The van der Waals surface area contributed by atoms with Crippen molar-refractivity contribution in [2.45, 2.75) is 13.2 Å². The van der Waals surface area contributed by atoms with Crippen LogP contribution in [0.1, 0.15) is 5.56 Å². The molecule has 7 heteroatoms. The number of nitrogens with zero attached hydrogens (tertiary/aromatic N) is 6. The van der Waals surface area contributed by atoms with Gasteiger partial charge in [-0.1, -0.05) is 41.9 Å². The molecular formula is C21H25ClN6. The van der Waals surface area contributed by atoms with Crippen molar-refractivity contribution in [3.05, 3.63) is 59.1 Å². The molecule has 2 aliphatic heterocycles. The van der Waals surface area contributed by atoms with Gasteiger partial charge in [-0.3, -0.25) is 14.5 Å². The van der Waals surface area contributed by atoms with Gasteiger partial charge in [-0.15, -0.1) is 0 Å². The first-order chi connectivity index (χ1) is 13.7. The second kappa shape index (κ2) is 7.37. The molecule has 1 saturated heterocycles. The van der Waals surface area contributed by atoms with Gasteiger partial charge in [0, 0.05) is 37.7 Å². The number of halogens is 1. The van der Waals surface area contributed by atoms with Crippen molar-refractivity contribution < 1.29 is 0 Å². The molecule has 6 nitrogen and oxygen atoms in total. The van der Waals surface area contributed by atoms with Crippen LogP contribution >= 0.6 is 11.6 Å². The minimum absolute atomic E-state index is 0.811. The Kier molecular flexibility index (Phi) is 4.72. The van der Waals surface area contributed by atoms with Crippen LogP contribution in [0, 0.1) is 0 Å².